The van der Waals surface area contributed by atoms with Crippen molar-refractivity contribution in [3.8, 4) is 0 Å². The molecule has 1 heterocycles. The van der Waals surface area contributed by atoms with Crippen LogP contribution in [0.5, 0.6) is 0 Å². The fourth-order valence-electron chi connectivity index (χ4n) is 3.90. The van der Waals surface area contributed by atoms with E-state index in [9.17, 15) is 14.7 Å². The molecule has 0 spiro atoms. The molecule has 1 atom stereocenters. The monoisotopic (exact) mass is 315 g/mol. The van der Waals surface area contributed by atoms with Gasteiger partial charge >= 0.3 is 5.97 Å². The summed E-state index contributed by atoms with van der Waals surface area (Å²) in [6, 6.07) is 10.6. The lowest BCUT2D eigenvalue weighted by atomic mass is 9.66. The van der Waals surface area contributed by atoms with Crippen LogP contribution in [-0.2, 0) is 16.0 Å². The van der Waals surface area contributed by atoms with Gasteiger partial charge in [0.25, 0.3) is 0 Å². The minimum absolute atomic E-state index is 0.0441. The molecule has 4 nitrogen and oxygen atoms in total. The maximum atomic E-state index is 12.6. The molecule has 23 heavy (non-hydrogen) atoms. The normalized spacial score (nSPS) is 22.6. The molecule has 0 aromatic heterocycles. The number of likely N-dealkylation sites (tertiary alicyclic amines) is 1. The van der Waals surface area contributed by atoms with E-state index in [1.54, 1.807) is 0 Å². The first-order valence-corrected chi connectivity index (χ1v) is 8.67. The Labute approximate surface area is 137 Å². The molecule has 2 aliphatic rings. The minimum Gasteiger partial charge on any atom is -0.481 e. The number of carbonyl (C=O) groups excluding carboxylic acids is 1. The van der Waals surface area contributed by atoms with Crippen LogP contribution >= 0.6 is 0 Å². The van der Waals surface area contributed by atoms with Gasteiger partial charge < -0.3 is 10.0 Å². The van der Waals surface area contributed by atoms with Gasteiger partial charge in [0, 0.05) is 19.0 Å². The van der Waals surface area contributed by atoms with E-state index in [4.69, 9.17) is 0 Å². The summed E-state index contributed by atoms with van der Waals surface area (Å²) in [4.78, 5) is 26.1. The highest BCUT2D eigenvalue weighted by molar-refractivity contribution is 5.86. The maximum Gasteiger partial charge on any atom is 0.310 e. The third kappa shape index (κ3) is 3.41. The number of benzene rings is 1. The van der Waals surface area contributed by atoms with Crippen molar-refractivity contribution in [2.24, 2.45) is 5.41 Å². The Bertz CT molecular complexity index is 565. The molecule has 1 N–H and O–H groups in total. The number of aliphatic carboxylic acids is 1. The molecule has 1 aromatic carbocycles. The summed E-state index contributed by atoms with van der Waals surface area (Å²) < 4.78 is 0. The number of carboxylic acids is 1. The van der Waals surface area contributed by atoms with Gasteiger partial charge in [-0.1, -0.05) is 36.8 Å². The first-order valence-electron chi connectivity index (χ1n) is 8.67. The standard InChI is InChI=1S/C19H25NO3/c21-17(14-19(18(22)23)11-5-12-19)20-13-4-8-16(20)10-9-15-6-2-1-3-7-15/h1-3,6-7,16H,4-5,8-14H2,(H,22,23). The fourth-order valence-corrected chi connectivity index (χ4v) is 3.90. The Morgan fingerprint density at radius 3 is 2.52 bits per heavy atom. The van der Waals surface area contributed by atoms with Gasteiger partial charge in [0.15, 0.2) is 0 Å². The average molecular weight is 315 g/mol. The summed E-state index contributed by atoms with van der Waals surface area (Å²) in [5.41, 5.74) is 0.525. The van der Waals surface area contributed by atoms with Crippen LogP contribution < -0.4 is 0 Å². The van der Waals surface area contributed by atoms with Crippen LogP contribution in [0.15, 0.2) is 30.3 Å². The molecular weight excluding hydrogens is 290 g/mol. The largest absolute Gasteiger partial charge is 0.481 e. The number of rotatable bonds is 6. The summed E-state index contributed by atoms with van der Waals surface area (Å²) in [6.07, 6.45) is 6.42. The van der Waals surface area contributed by atoms with Crippen molar-refractivity contribution in [3.05, 3.63) is 35.9 Å². The van der Waals surface area contributed by atoms with Crippen LogP contribution in [0.2, 0.25) is 0 Å². The lowest BCUT2D eigenvalue weighted by molar-refractivity contribution is -0.159. The van der Waals surface area contributed by atoms with Gasteiger partial charge in [-0.15, -0.1) is 0 Å². The van der Waals surface area contributed by atoms with Crippen molar-refractivity contribution in [3.63, 3.8) is 0 Å². The van der Waals surface area contributed by atoms with Gasteiger partial charge in [0.05, 0.1) is 5.41 Å². The minimum atomic E-state index is -0.794. The van der Waals surface area contributed by atoms with Crippen LogP contribution in [0.4, 0.5) is 0 Å². The van der Waals surface area contributed by atoms with E-state index < -0.39 is 11.4 Å². The number of nitrogens with zero attached hydrogens (tertiary/aromatic N) is 1. The van der Waals surface area contributed by atoms with Crippen LogP contribution in [0, 0.1) is 5.41 Å². The second-order valence-corrected chi connectivity index (χ2v) is 7.02. The summed E-state index contributed by atoms with van der Waals surface area (Å²) >= 11 is 0. The molecular formula is C19H25NO3. The topological polar surface area (TPSA) is 57.6 Å². The lowest BCUT2D eigenvalue weighted by Gasteiger charge is -2.38. The van der Waals surface area contributed by atoms with Crippen LogP contribution in [0.1, 0.15) is 50.5 Å². The Morgan fingerprint density at radius 1 is 1.17 bits per heavy atom. The number of hydrogen-bond acceptors (Lipinski definition) is 2. The molecule has 0 bridgehead atoms. The van der Waals surface area contributed by atoms with E-state index in [0.29, 0.717) is 12.8 Å². The van der Waals surface area contributed by atoms with Crippen molar-refractivity contribution < 1.29 is 14.7 Å². The fraction of sp³-hybridized carbons (Fsp3) is 0.579. The molecule has 2 fully saturated rings. The molecule has 0 radical (unpaired) electrons. The number of amides is 1. The van der Waals surface area contributed by atoms with Crippen LogP contribution in [0.3, 0.4) is 0 Å². The zero-order chi connectivity index (χ0) is 16.3. The SMILES string of the molecule is O=C(CC1(C(=O)O)CCC1)N1CCCC1CCc1ccccc1. The number of hydrogen-bond donors (Lipinski definition) is 1. The smallest absolute Gasteiger partial charge is 0.310 e. The van der Waals surface area contributed by atoms with Gasteiger partial charge in [-0.25, -0.2) is 0 Å². The Kier molecular flexibility index (Phi) is 4.69. The summed E-state index contributed by atoms with van der Waals surface area (Å²) in [7, 11) is 0. The first kappa shape index (κ1) is 16.0. The third-order valence-electron chi connectivity index (χ3n) is 5.56. The zero-order valence-electron chi connectivity index (χ0n) is 13.5. The highest BCUT2D eigenvalue weighted by Crippen LogP contribution is 2.45. The number of carboxylic acid groups (broad SMARTS) is 1. The van der Waals surface area contributed by atoms with Crippen LogP contribution in [0.25, 0.3) is 0 Å². The molecule has 3 rings (SSSR count). The average Bonchev–Trinajstić information content (AvgIpc) is 2.98. The third-order valence-corrected chi connectivity index (χ3v) is 5.56. The predicted molar refractivity (Wildman–Crippen MR) is 88.0 cm³/mol. The zero-order valence-corrected chi connectivity index (χ0v) is 13.5. The van der Waals surface area contributed by atoms with Crippen LogP contribution in [-0.4, -0.2) is 34.5 Å². The Morgan fingerprint density at radius 2 is 1.91 bits per heavy atom. The molecule has 4 heteroatoms. The maximum absolute atomic E-state index is 12.6. The van der Waals surface area contributed by atoms with E-state index in [1.165, 1.54) is 5.56 Å². The lowest BCUT2D eigenvalue weighted by Crippen LogP contribution is -2.45. The summed E-state index contributed by atoms with van der Waals surface area (Å²) in [5.74, 6) is -0.750. The second kappa shape index (κ2) is 6.73. The predicted octanol–water partition coefficient (Wildman–Crippen LogP) is 3.26. The molecule has 1 unspecified atom stereocenters. The molecule has 1 saturated heterocycles. The van der Waals surface area contributed by atoms with Gasteiger partial charge in [-0.3, -0.25) is 9.59 Å². The molecule has 1 saturated carbocycles. The first-order chi connectivity index (χ1) is 11.1. The van der Waals surface area contributed by atoms with E-state index in [1.807, 2.05) is 23.1 Å². The molecule has 1 amide bonds. The van der Waals surface area contributed by atoms with Gasteiger partial charge in [0.1, 0.15) is 0 Å². The Hall–Kier alpha value is -1.84. The number of aryl methyl sites for hydroxylation is 1. The quantitative estimate of drug-likeness (QED) is 0.876. The second-order valence-electron chi connectivity index (χ2n) is 7.02. The van der Waals surface area contributed by atoms with Crippen molar-refractivity contribution in [1.29, 1.82) is 0 Å². The van der Waals surface area contributed by atoms with E-state index in [0.717, 1.165) is 38.6 Å². The number of carbonyl (C=O) groups is 2. The van der Waals surface area contributed by atoms with E-state index >= 15 is 0 Å². The molecule has 1 aromatic rings. The molecule has 1 aliphatic heterocycles. The van der Waals surface area contributed by atoms with Crippen molar-refractivity contribution in [2.45, 2.75) is 57.4 Å². The van der Waals surface area contributed by atoms with Gasteiger partial charge in [0.2, 0.25) is 5.91 Å². The van der Waals surface area contributed by atoms with Crippen molar-refractivity contribution in [2.75, 3.05) is 6.54 Å². The highest BCUT2D eigenvalue weighted by Gasteiger charge is 2.47. The molecule has 124 valence electrons. The molecule has 1 aliphatic carbocycles. The van der Waals surface area contributed by atoms with E-state index in [-0.39, 0.29) is 18.4 Å². The van der Waals surface area contributed by atoms with Gasteiger partial charge in [-0.05, 0) is 44.1 Å². The van der Waals surface area contributed by atoms with Crippen molar-refractivity contribution >= 4 is 11.9 Å². The summed E-state index contributed by atoms with van der Waals surface area (Å²) in [5, 5.41) is 9.42. The van der Waals surface area contributed by atoms with Crippen molar-refractivity contribution in [1.82, 2.24) is 4.90 Å². The highest BCUT2D eigenvalue weighted by atomic mass is 16.4. The Balaban J connectivity index is 1.58. The van der Waals surface area contributed by atoms with E-state index in [2.05, 4.69) is 12.1 Å². The summed E-state index contributed by atoms with van der Waals surface area (Å²) in [6.45, 7) is 0.786. The van der Waals surface area contributed by atoms with Gasteiger partial charge in [-0.2, -0.15) is 0 Å².